The Kier molecular flexibility index (Phi) is 6.07. The molecule has 0 aliphatic rings. The zero-order valence-corrected chi connectivity index (χ0v) is 15.4. The maximum Gasteiger partial charge on any atom is 0.416 e. The number of ketones is 1. The van der Waals surface area contributed by atoms with Crippen LogP contribution in [0.2, 0.25) is 0 Å². The summed E-state index contributed by atoms with van der Waals surface area (Å²) in [6.07, 6.45) is -1.54. The third-order valence-electron chi connectivity index (χ3n) is 4.00. The van der Waals surface area contributed by atoms with E-state index in [1.165, 1.54) is 24.3 Å². The van der Waals surface area contributed by atoms with Crippen LogP contribution in [0, 0.1) is 0 Å². The van der Waals surface area contributed by atoms with E-state index in [0.717, 1.165) is 12.1 Å². The lowest BCUT2D eigenvalue weighted by molar-refractivity contribution is -0.137. The van der Waals surface area contributed by atoms with Crippen molar-refractivity contribution in [2.24, 2.45) is 0 Å². The van der Waals surface area contributed by atoms with Crippen LogP contribution in [0.1, 0.15) is 27.4 Å². The van der Waals surface area contributed by atoms with E-state index in [1.54, 1.807) is 43.5 Å². The van der Waals surface area contributed by atoms with E-state index in [-0.39, 0.29) is 18.1 Å². The number of ether oxygens (including phenoxy) is 2. The van der Waals surface area contributed by atoms with Crippen LogP contribution < -0.4 is 9.47 Å². The second kappa shape index (κ2) is 8.68. The summed E-state index contributed by atoms with van der Waals surface area (Å²) in [6.45, 7) is -0.0401. The van der Waals surface area contributed by atoms with Crippen LogP contribution in [0.4, 0.5) is 13.2 Å². The number of methoxy groups -OCH3 is 1. The van der Waals surface area contributed by atoms with Crippen molar-refractivity contribution in [1.29, 1.82) is 0 Å². The van der Waals surface area contributed by atoms with Crippen molar-refractivity contribution in [3.8, 4) is 11.5 Å². The molecule has 29 heavy (non-hydrogen) atoms. The Morgan fingerprint density at radius 2 is 1.79 bits per heavy atom. The van der Waals surface area contributed by atoms with Gasteiger partial charge in [0.1, 0.15) is 29.6 Å². The summed E-state index contributed by atoms with van der Waals surface area (Å²) in [6, 6.07) is 14.6. The molecule has 0 atom stereocenters. The molecule has 1 aromatic heterocycles. The summed E-state index contributed by atoms with van der Waals surface area (Å²) in [5.41, 5.74) is -0.281. The molecule has 0 aliphatic heterocycles. The van der Waals surface area contributed by atoms with Gasteiger partial charge in [-0.15, -0.1) is 0 Å². The predicted molar refractivity (Wildman–Crippen MR) is 101 cm³/mol. The molecule has 0 saturated carbocycles. The lowest BCUT2D eigenvalue weighted by Gasteiger charge is -2.09. The smallest absolute Gasteiger partial charge is 0.416 e. The fraction of sp³-hybridized carbons (Fsp3) is 0.136. The minimum Gasteiger partial charge on any atom is -0.497 e. The third-order valence-corrected chi connectivity index (χ3v) is 4.00. The maximum absolute atomic E-state index is 12.7. The van der Waals surface area contributed by atoms with Crippen molar-refractivity contribution in [3.05, 3.63) is 89.4 Å². The van der Waals surface area contributed by atoms with Crippen LogP contribution in [0.15, 0.2) is 71.2 Å². The van der Waals surface area contributed by atoms with Gasteiger partial charge in [-0.2, -0.15) is 13.2 Å². The topological polar surface area (TPSA) is 48.7 Å². The van der Waals surface area contributed by atoms with Crippen LogP contribution in [0.25, 0.3) is 6.08 Å². The van der Waals surface area contributed by atoms with E-state index < -0.39 is 11.7 Å². The highest BCUT2D eigenvalue weighted by atomic mass is 19.4. The monoisotopic (exact) mass is 402 g/mol. The van der Waals surface area contributed by atoms with Crippen LogP contribution in [-0.4, -0.2) is 12.9 Å². The molecule has 0 unspecified atom stereocenters. The first kappa shape index (κ1) is 20.3. The average Bonchev–Trinajstić information content (AvgIpc) is 3.18. The second-order valence-electron chi connectivity index (χ2n) is 6.04. The largest absolute Gasteiger partial charge is 0.497 e. The number of carbonyl (C=O) groups excluding carboxylic acids is 1. The molecule has 0 N–H and O–H groups in total. The molecule has 0 saturated heterocycles. The van der Waals surface area contributed by atoms with E-state index in [2.05, 4.69) is 0 Å². The van der Waals surface area contributed by atoms with Crippen molar-refractivity contribution in [1.82, 2.24) is 0 Å². The number of allylic oxidation sites excluding steroid dienone is 1. The van der Waals surface area contributed by atoms with Crippen molar-refractivity contribution < 1.29 is 31.9 Å². The zero-order chi connectivity index (χ0) is 20.9. The lowest BCUT2D eigenvalue weighted by atomic mass is 10.1. The van der Waals surface area contributed by atoms with Gasteiger partial charge in [0.05, 0.1) is 12.7 Å². The Labute approximate surface area is 165 Å². The van der Waals surface area contributed by atoms with Crippen molar-refractivity contribution in [2.45, 2.75) is 12.8 Å². The Bertz CT molecular complexity index is 1000. The summed E-state index contributed by atoms with van der Waals surface area (Å²) >= 11 is 0. The first-order chi connectivity index (χ1) is 13.8. The SMILES string of the molecule is COc1ccc(C(=O)/C=C/c2ccc(COc3cccc(C(F)(F)F)c3)o2)cc1. The fourth-order valence-corrected chi connectivity index (χ4v) is 2.49. The summed E-state index contributed by atoms with van der Waals surface area (Å²) in [5, 5.41) is 0. The van der Waals surface area contributed by atoms with E-state index >= 15 is 0 Å². The molecule has 0 fully saturated rings. The number of hydrogen-bond acceptors (Lipinski definition) is 4. The number of hydrogen-bond donors (Lipinski definition) is 0. The second-order valence-corrected chi connectivity index (χ2v) is 6.04. The number of benzene rings is 2. The molecule has 0 bridgehead atoms. The van der Waals surface area contributed by atoms with Gasteiger partial charge in [-0.05, 0) is 66.7 Å². The molecule has 4 nitrogen and oxygen atoms in total. The summed E-state index contributed by atoms with van der Waals surface area (Å²) < 4.78 is 54.1. The molecule has 0 aliphatic carbocycles. The molecule has 1 heterocycles. The Morgan fingerprint density at radius 3 is 2.48 bits per heavy atom. The molecule has 0 amide bonds. The van der Waals surface area contributed by atoms with E-state index in [1.807, 2.05) is 0 Å². The van der Waals surface area contributed by atoms with Gasteiger partial charge in [-0.1, -0.05) is 6.07 Å². The van der Waals surface area contributed by atoms with Crippen molar-refractivity contribution >= 4 is 11.9 Å². The predicted octanol–water partition coefficient (Wildman–Crippen LogP) is 5.78. The van der Waals surface area contributed by atoms with Gasteiger partial charge in [-0.3, -0.25) is 4.79 Å². The van der Waals surface area contributed by atoms with Gasteiger partial charge in [0.2, 0.25) is 0 Å². The molecule has 0 radical (unpaired) electrons. The van der Waals surface area contributed by atoms with Gasteiger partial charge in [-0.25, -0.2) is 0 Å². The first-order valence-corrected chi connectivity index (χ1v) is 8.60. The molecular formula is C22H17F3O4. The fourth-order valence-electron chi connectivity index (χ4n) is 2.49. The number of rotatable bonds is 7. The standard InChI is InChI=1S/C22H17F3O4/c1-27-17-7-5-15(6-8-17)21(26)12-11-18-9-10-20(29-18)14-28-19-4-2-3-16(13-19)22(23,24)25/h2-13H,14H2,1H3/b12-11+. The van der Waals surface area contributed by atoms with Gasteiger partial charge in [0.15, 0.2) is 5.78 Å². The van der Waals surface area contributed by atoms with Gasteiger partial charge < -0.3 is 13.9 Å². The normalized spacial score (nSPS) is 11.6. The van der Waals surface area contributed by atoms with Crippen LogP contribution in [0.5, 0.6) is 11.5 Å². The Balaban J connectivity index is 1.59. The average molecular weight is 402 g/mol. The maximum atomic E-state index is 12.7. The number of halogens is 3. The highest BCUT2D eigenvalue weighted by molar-refractivity contribution is 6.06. The van der Waals surface area contributed by atoms with Crippen molar-refractivity contribution in [2.75, 3.05) is 7.11 Å². The molecule has 7 heteroatoms. The van der Waals surface area contributed by atoms with Crippen molar-refractivity contribution in [3.63, 3.8) is 0 Å². The van der Waals surface area contributed by atoms with Crippen LogP contribution in [-0.2, 0) is 12.8 Å². The minimum atomic E-state index is -4.43. The third kappa shape index (κ3) is 5.51. The van der Waals surface area contributed by atoms with Gasteiger partial charge in [0, 0.05) is 5.56 Å². The van der Waals surface area contributed by atoms with Gasteiger partial charge >= 0.3 is 6.18 Å². The lowest BCUT2D eigenvalue weighted by Crippen LogP contribution is -2.05. The first-order valence-electron chi connectivity index (χ1n) is 8.60. The zero-order valence-electron chi connectivity index (χ0n) is 15.4. The van der Waals surface area contributed by atoms with Crippen LogP contribution >= 0.6 is 0 Å². The number of furan rings is 1. The summed E-state index contributed by atoms with van der Waals surface area (Å²) in [4.78, 5) is 12.2. The molecule has 0 spiro atoms. The summed E-state index contributed by atoms with van der Waals surface area (Å²) in [5.74, 6) is 1.38. The van der Waals surface area contributed by atoms with E-state index in [4.69, 9.17) is 13.9 Å². The molecule has 3 rings (SSSR count). The molecular weight excluding hydrogens is 385 g/mol. The Morgan fingerprint density at radius 1 is 1.03 bits per heavy atom. The van der Waals surface area contributed by atoms with E-state index in [9.17, 15) is 18.0 Å². The molecule has 150 valence electrons. The number of carbonyl (C=O) groups is 1. The highest BCUT2D eigenvalue weighted by Crippen LogP contribution is 2.31. The highest BCUT2D eigenvalue weighted by Gasteiger charge is 2.30. The summed E-state index contributed by atoms with van der Waals surface area (Å²) in [7, 11) is 1.54. The van der Waals surface area contributed by atoms with E-state index in [0.29, 0.717) is 22.8 Å². The molecule has 2 aromatic carbocycles. The van der Waals surface area contributed by atoms with Gasteiger partial charge in [0.25, 0.3) is 0 Å². The van der Waals surface area contributed by atoms with Crippen LogP contribution in [0.3, 0.4) is 0 Å². The molecule has 3 aromatic rings. The Hall–Kier alpha value is -3.48. The number of alkyl halides is 3. The quantitative estimate of drug-likeness (QED) is 0.371. The minimum absolute atomic E-state index is 0.0401.